The molecular weight excluding hydrogens is 1480 g/mol. The number of benzene rings is 2. The molecule has 12 heterocycles. The Labute approximate surface area is 681 Å². The van der Waals surface area contributed by atoms with Gasteiger partial charge in [0.15, 0.2) is 0 Å². The van der Waals surface area contributed by atoms with Crippen LogP contribution in [0, 0.1) is 16.7 Å². The molecule has 6 aliphatic heterocycles. The minimum atomic E-state index is -0.988. The Hall–Kier alpha value is -8.45. The van der Waals surface area contributed by atoms with Crippen LogP contribution in [-0.2, 0) is 81.6 Å². The highest BCUT2D eigenvalue weighted by atomic mass is 32.1. The fourth-order valence-electron chi connectivity index (χ4n) is 16.0. The molecule has 5 N–H and O–H groups in total. The molecule has 3 amide bonds. The van der Waals surface area contributed by atoms with Crippen molar-refractivity contribution in [1.82, 2.24) is 65.5 Å². The molecule has 0 spiro atoms. The normalized spacial score (nSPS) is 21.0. The van der Waals surface area contributed by atoms with Crippen LogP contribution in [0.1, 0.15) is 168 Å². The molecule has 620 valence electrons. The van der Waals surface area contributed by atoms with E-state index in [9.17, 15) is 24.0 Å². The van der Waals surface area contributed by atoms with E-state index in [0.29, 0.717) is 63.2 Å². The number of hydrogen-bond acceptors (Lipinski definition) is 23. The van der Waals surface area contributed by atoms with Crippen molar-refractivity contribution in [2.75, 3.05) is 117 Å². The number of nitrogens with one attached hydrogen (secondary N) is 4. The predicted molar refractivity (Wildman–Crippen MR) is 454 cm³/mol. The number of amides is 3. The first kappa shape index (κ1) is 87.9. The maximum Gasteiger partial charge on any atom is 0.408 e. The average Bonchev–Trinajstić information content (AvgIpc) is 1.59. The molecule has 4 saturated heterocycles. The predicted octanol–water partition coefficient (Wildman–Crippen LogP) is 13.0. The number of fused-ring (bicyclic) bond motifs is 12. The van der Waals surface area contributed by atoms with E-state index in [1.54, 1.807) is 51.3 Å². The first-order chi connectivity index (χ1) is 53.6. The molecule has 14 rings (SSSR count). The van der Waals surface area contributed by atoms with Crippen molar-refractivity contribution >= 4 is 85.7 Å². The van der Waals surface area contributed by atoms with Crippen LogP contribution in [0.3, 0.4) is 0 Å². The molecule has 0 radical (unpaired) electrons. The molecule has 114 heavy (non-hydrogen) atoms. The van der Waals surface area contributed by atoms with Crippen molar-refractivity contribution in [2.45, 2.75) is 198 Å². The van der Waals surface area contributed by atoms with Crippen LogP contribution >= 0.6 is 22.7 Å². The molecular formula is C86H123N15O11S2. The fraction of sp³-hybridized carbons (Fsp3) is 0.570. The van der Waals surface area contributed by atoms with Crippen LogP contribution in [-0.4, -0.2) is 210 Å². The molecule has 28 heteroatoms. The Morgan fingerprint density at radius 3 is 1.54 bits per heavy atom. The lowest BCUT2D eigenvalue weighted by atomic mass is 9.84. The maximum atomic E-state index is 14.1. The van der Waals surface area contributed by atoms with Gasteiger partial charge >= 0.3 is 18.0 Å². The summed E-state index contributed by atoms with van der Waals surface area (Å²) in [6, 6.07) is 15.4. The summed E-state index contributed by atoms with van der Waals surface area (Å²) in [6.45, 7) is 34.6. The van der Waals surface area contributed by atoms with E-state index >= 15 is 0 Å². The summed E-state index contributed by atoms with van der Waals surface area (Å²) in [7, 11) is 6.63. The first-order valence-electron chi connectivity index (χ1n) is 39.7. The lowest BCUT2D eigenvalue weighted by Crippen LogP contribution is -2.60. The van der Waals surface area contributed by atoms with Crippen molar-refractivity contribution in [3.8, 4) is 45.0 Å². The Morgan fingerprint density at radius 2 is 1.10 bits per heavy atom. The molecule has 6 aliphatic rings. The quantitative estimate of drug-likeness (QED) is 0.0594. The standard InChI is InChI=1S/C43H58N8O6S.C40H53N7O4S.CH4O.2CH4/c1-9-50-35-13-12-27-19-29(35)31(38(50)30-20-28(49-17-14-44-15-18-49)23-45-37(30)26(2)55-8)22-43(6,7)25-56-40(53)32-11-10-16-51(48-32)39(52)33(21-36-46-34(27)24-58-36)47-41(54)57-42(3,4)5;1-8-46-34-12-11-27-19-29(34)31(37(46)30-20-28(22-41-36(30)26(3)50-7)45-16-14-44(6)15-17-45)21-40(4,5)24-51-39(49)32-10-9-13-47(43-32)38(48)25(2)18-35-42-33(27)23-52-35;1-2;;/h12-13,19-20,23-24,26,32-33,44,48H,9-11,14-18,21-22,25H2,1-8H3,(H,47,54);11-12,19-20,22-23,25-26,32,43H,8-10,13-18,21,24H2,1-7H3;2H,1H3;2*1H4/t26-,32-,33-;25-,26-,32-;;;/m00.../s1. The smallest absolute Gasteiger partial charge is 0.408 e. The number of carbonyl (C=O) groups is 5. The summed E-state index contributed by atoms with van der Waals surface area (Å²) < 4.78 is 34.4. The number of aliphatic hydroxyl groups is 1. The second kappa shape index (κ2) is 37.7. The van der Waals surface area contributed by atoms with Crippen LogP contribution in [0.15, 0.2) is 71.7 Å². The number of methoxy groups -OCH3 is 2. The van der Waals surface area contributed by atoms with Gasteiger partial charge in [0.25, 0.3) is 5.91 Å². The van der Waals surface area contributed by atoms with Gasteiger partial charge in [-0.25, -0.2) is 25.6 Å². The highest BCUT2D eigenvalue weighted by molar-refractivity contribution is 7.10. The third-order valence-corrected chi connectivity index (χ3v) is 23.8. The van der Waals surface area contributed by atoms with Gasteiger partial charge in [-0.05, 0) is 142 Å². The zero-order valence-corrected chi connectivity index (χ0v) is 69.8. The highest BCUT2D eigenvalue weighted by Crippen LogP contribution is 2.46. The van der Waals surface area contributed by atoms with Crippen LogP contribution in [0.25, 0.3) is 66.8 Å². The van der Waals surface area contributed by atoms with Gasteiger partial charge in [-0.3, -0.25) is 39.2 Å². The number of hydrogen-bond donors (Lipinski definition) is 5. The minimum Gasteiger partial charge on any atom is -0.464 e. The Balaban J connectivity index is 0.000000233. The van der Waals surface area contributed by atoms with Crippen LogP contribution in [0.4, 0.5) is 16.2 Å². The molecule has 6 aromatic heterocycles. The highest BCUT2D eigenvalue weighted by Gasteiger charge is 2.39. The fourth-order valence-corrected chi connectivity index (χ4v) is 17.8. The van der Waals surface area contributed by atoms with Gasteiger partial charge in [-0.1, -0.05) is 61.6 Å². The van der Waals surface area contributed by atoms with Gasteiger partial charge in [0, 0.05) is 184 Å². The van der Waals surface area contributed by atoms with E-state index in [2.05, 4.69) is 155 Å². The third kappa shape index (κ3) is 19.8. The summed E-state index contributed by atoms with van der Waals surface area (Å²) >= 11 is 3.03. The Kier molecular flexibility index (Phi) is 29.0. The van der Waals surface area contributed by atoms with Crippen molar-refractivity contribution in [1.29, 1.82) is 0 Å². The molecule has 4 fully saturated rings. The molecule has 26 nitrogen and oxygen atoms in total. The van der Waals surface area contributed by atoms with E-state index < -0.39 is 46.6 Å². The van der Waals surface area contributed by atoms with Gasteiger partial charge in [-0.15, -0.1) is 22.7 Å². The SMILES string of the molecule is C.C.CCn1c(-c2cc(N3CCN(C)CC3)cnc2[C@H](C)OC)c2c3cc(ccc31)-c1csc(n1)C[C@H](C)C(=O)N1CCC[C@H](N1)C(=O)OCC(C)(C)C2.CCn1c(-c2cc(N3CCNCC3)cnc2[C@H](C)OC)c2c3cc(ccc31)-c1csc(n1)C[C@H](NC(=O)OC(C)(C)C)C(=O)N1CCC[C@H](N1)C(=O)OCC(C)(C)C2.CO. The number of rotatable bonds is 11. The molecule has 0 unspecified atom stereocenters. The average molecular weight is 1610 g/mol. The number of carbonyl (C=O) groups excluding carboxylic acids is 5. The third-order valence-electron chi connectivity index (χ3n) is 22.1. The molecule has 0 aliphatic carbocycles. The number of aryl methyl sites for hydroxylation is 2. The van der Waals surface area contributed by atoms with Crippen molar-refractivity contribution in [2.24, 2.45) is 16.7 Å². The molecule has 0 saturated carbocycles. The van der Waals surface area contributed by atoms with E-state index in [0.717, 1.165) is 173 Å². The molecule has 12 bridgehead atoms. The van der Waals surface area contributed by atoms with Crippen LogP contribution < -0.4 is 31.3 Å². The van der Waals surface area contributed by atoms with Crippen molar-refractivity contribution in [3.63, 3.8) is 0 Å². The number of ether oxygens (including phenoxy) is 5. The first-order valence-corrected chi connectivity index (χ1v) is 41.4. The number of thiazole rings is 2. The largest absolute Gasteiger partial charge is 0.464 e. The molecule has 8 aromatic rings. The maximum absolute atomic E-state index is 14.1. The summed E-state index contributed by atoms with van der Waals surface area (Å²) in [6.07, 6.45) is 7.19. The zero-order valence-electron chi connectivity index (χ0n) is 68.2. The number of cyclic esters (lactones) is 2. The zero-order chi connectivity index (χ0) is 80.1. The number of hydrazine groups is 2. The Morgan fingerprint density at radius 1 is 0.649 bits per heavy atom. The van der Waals surface area contributed by atoms with Gasteiger partial charge in [0.1, 0.15) is 23.7 Å². The van der Waals surface area contributed by atoms with Gasteiger partial charge < -0.3 is 63.3 Å². The van der Waals surface area contributed by atoms with E-state index in [1.165, 1.54) is 21.9 Å². The van der Waals surface area contributed by atoms with E-state index in [4.69, 9.17) is 48.7 Å². The second-order valence-corrected chi connectivity index (χ2v) is 34.8. The van der Waals surface area contributed by atoms with Gasteiger partial charge in [-0.2, -0.15) is 0 Å². The van der Waals surface area contributed by atoms with Crippen molar-refractivity contribution in [3.05, 3.63) is 104 Å². The van der Waals surface area contributed by atoms with Crippen LogP contribution in [0.5, 0.6) is 0 Å². The number of alkyl carbamates (subject to hydrolysis) is 1. The number of pyridine rings is 2. The topological polar surface area (TPSA) is 277 Å². The minimum absolute atomic E-state index is 0. The monoisotopic (exact) mass is 1610 g/mol. The summed E-state index contributed by atoms with van der Waals surface area (Å²) in [5.74, 6) is -1.42. The molecule has 2 aromatic carbocycles. The van der Waals surface area contributed by atoms with Gasteiger partial charge in [0.05, 0.1) is 93.4 Å². The second-order valence-electron chi connectivity index (χ2n) is 32.9. The Bertz CT molecular complexity index is 4680. The van der Waals surface area contributed by atoms with Gasteiger partial charge in [0.2, 0.25) is 5.91 Å². The van der Waals surface area contributed by atoms with E-state index in [-0.39, 0.29) is 70.4 Å². The van der Waals surface area contributed by atoms with E-state index in [1.807, 2.05) is 31.6 Å². The lowest BCUT2D eigenvalue weighted by Gasteiger charge is -2.35. The number of anilines is 2. The summed E-state index contributed by atoms with van der Waals surface area (Å²) in [4.78, 5) is 95.4. The number of aromatic nitrogens is 6. The summed E-state index contributed by atoms with van der Waals surface area (Å²) in [5.41, 5.74) is 21.1. The number of esters is 2. The lowest BCUT2D eigenvalue weighted by molar-refractivity contribution is -0.156. The van der Waals surface area contributed by atoms with Crippen molar-refractivity contribution < 1.29 is 52.8 Å². The summed E-state index contributed by atoms with van der Waals surface area (Å²) in [5, 5.41) is 24.2. The number of likely N-dealkylation sites (N-methyl/N-ethyl adjacent to an activating group) is 1. The van der Waals surface area contributed by atoms with Crippen LogP contribution in [0.2, 0.25) is 0 Å². The number of aliphatic hydroxyl groups excluding tert-OH is 1. The molecule has 6 atom stereocenters. The number of nitrogens with zero attached hydrogens (tertiary/aromatic N) is 11. The number of piperazine rings is 2.